The van der Waals surface area contributed by atoms with Gasteiger partial charge in [-0.05, 0) is 31.9 Å². The second kappa shape index (κ2) is 5.35. The van der Waals surface area contributed by atoms with Gasteiger partial charge in [0, 0.05) is 12.2 Å². The van der Waals surface area contributed by atoms with Crippen molar-refractivity contribution in [3.63, 3.8) is 0 Å². The minimum Gasteiger partial charge on any atom is -0.388 e. The predicted octanol–water partition coefficient (Wildman–Crippen LogP) is 0.820. The molecule has 100 valence electrons. The van der Waals surface area contributed by atoms with Gasteiger partial charge in [0.15, 0.2) is 0 Å². The molecule has 1 amide bonds. The van der Waals surface area contributed by atoms with Crippen molar-refractivity contribution < 1.29 is 9.90 Å². The number of aromatic amines is 1. The van der Waals surface area contributed by atoms with Crippen molar-refractivity contribution in [2.24, 2.45) is 5.92 Å². The lowest BCUT2D eigenvalue weighted by Gasteiger charge is -2.27. The Morgan fingerprint density at radius 2 is 2.11 bits per heavy atom. The maximum Gasteiger partial charge on any atom is 0.260 e. The Morgan fingerprint density at radius 3 is 2.61 bits per heavy atom. The topological polar surface area (TPSA) is 82.2 Å². The fraction of sp³-hybridized carbons (Fsp3) is 0.538. The average molecular weight is 252 g/mol. The fourth-order valence-corrected chi connectivity index (χ4v) is 1.31. The Bertz CT molecular complexity index is 489. The first-order valence-electron chi connectivity index (χ1n) is 5.94. The smallest absolute Gasteiger partial charge is 0.260 e. The molecule has 0 bridgehead atoms. The molecular weight excluding hydrogens is 232 g/mol. The van der Waals surface area contributed by atoms with Gasteiger partial charge < -0.3 is 15.4 Å². The lowest BCUT2D eigenvalue weighted by atomic mass is 9.92. The first kappa shape index (κ1) is 14.4. The number of hydrogen-bond acceptors (Lipinski definition) is 3. The number of hydrogen-bond donors (Lipinski definition) is 3. The lowest BCUT2D eigenvalue weighted by molar-refractivity contribution is 0.0142. The summed E-state index contributed by atoms with van der Waals surface area (Å²) in [5, 5.41) is 12.6. The minimum absolute atomic E-state index is 0.00843. The summed E-state index contributed by atoms with van der Waals surface area (Å²) in [4.78, 5) is 25.9. The molecule has 3 N–H and O–H groups in total. The molecule has 0 aliphatic heterocycles. The van der Waals surface area contributed by atoms with E-state index in [9.17, 15) is 14.7 Å². The van der Waals surface area contributed by atoms with E-state index in [0.29, 0.717) is 5.69 Å². The fourth-order valence-electron chi connectivity index (χ4n) is 1.31. The average Bonchev–Trinajstić information content (AvgIpc) is 2.25. The third kappa shape index (κ3) is 3.43. The summed E-state index contributed by atoms with van der Waals surface area (Å²) in [7, 11) is 0. The minimum atomic E-state index is -0.993. The van der Waals surface area contributed by atoms with E-state index in [1.165, 1.54) is 6.07 Å². The molecule has 1 heterocycles. The molecule has 0 radical (unpaired) electrons. The van der Waals surface area contributed by atoms with E-state index in [4.69, 9.17) is 0 Å². The summed E-state index contributed by atoms with van der Waals surface area (Å²) in [5.74, 6) is -0.466. The van der Waals surface area contributed by atoms with Crippen molar-refractivity contribution in [3.05, 3.63) is 33.7 Å². The van der Waals surface area contributed by atoms with Crippen molar-refractivity contribution in [2.45, 2.75) is 33.3 Å². The van der Waals surface area contributed by atoms with Gasteiger partial charge in [-0.25, -0.2) is 0 Å². The number of aryl methyl sites for hydroxylation is 1. The summed E-state index contributed by atoms with van der Waals surface area (Å²) in [6.45, 7) is 7.23. The van der Waals surface area contributed by atoms with E-state index in [2.05, 4.69) is 10.3 Å². The normalized spacial score (nSPS) is 14.3. The van der Waals surface area contributed by atoms with Crippen LogP contribution in [0.15, 0.2) is 16.9 Å². The van der Waals surface area contributed by atoms with Crippen LogP contribution in [0.4, 0.5) is 0 Å². The van der Waals surface area contributed by atoms with Crippen LogP contribution in [0.5, 0.6) is 0 Å². The van der Waals surface area contributed by atoms with Crippen molar-refractivity contribution in [3.8, 4) is 0 Å². The van der Waals surface area contributed by atoms with Crippen LogP contribution in [0, 0.1) is 12.8 Å². The van der Waals surface area contributed by atoms with Crippen LogP contribution in [0.3, 0.4) is 0 Å². The molecule has 1 rings (SSSR count). The molecule has 5 heteroatoms. The van der Waals surface area contributed by atoms with E-state index >= 15 is 0 Å². The van der Waals surface area contributed by atoms with Gasteiger partial charge in [0.2, 0.25) is 0 Å². The van der Waals surface area contributed by atoms with Gasteiger partial charge in [0.25, 0.3) is 11.5 Å². The molecule has 18 heavy (non-hydrogen) atoms. The van der Waals surface area contributed by atoms with Crippen molar-refractivity contribution in [2.75, 3.05) is 6.54 Å². The third-order valence-corrected chi connectivity index (χ3v) is 3.15. The van der Waals surface area contributed by atoms with Gasteiger partial charge in [-0.3, -0.25) is 9.59 Å². The van der Waals surface area contributed by atoms with Crippen LogP contribution in [-0.2, 0) is 0 Å². The molecule has 0 spiro atoms. The zero-order chi connectivity index (χ0) is 13.9. The SMILES string of the molecule is Cc1ccc(C(=O)NCC(C)(O)C(C)C)c(=O)[nH]1. The molecule has 1 unspecified atom stereocenters. The highest BCUT2D eigenvalue weighted by molar-refractivity contribution is 5.93. The van der Waals surface area contributed by atoms with Crippen LogP contribution < -0.4 is 10.9 Å². The van der Waals surface area contributed by atoms with Gasteiger partial charge in [-0.2, -0.15) is 0 Å². The van der Waals surface area contributed by atoms with Gasteiger partial charge in [-0.1, -0.05) is 13.8 Å². The monoisotopic (exact) mass is 252 g/mol. The highest BCUT2D eigenvalue weighted by atomic mass is 16.3. The molecule has 1 aromatic heterocycles. The molecule has 1 atom stereocenters. The van der Waals surface area contributed by atoms with Crippen LogP contribution >= 0.6 is 0 Å². The Balaban J connectivity index is 2.75. The van der Waals surface area contributed by atoms with E-state index < -0.39 is 17.1 Å². The number of H-pyrrole nitrogens is 1. The maximum absolute atomic E-state index is 11.8. The van der Waals surface area contributed by atoms with E-state index in [0.717, 1.165) is 0 Å². The number of carbonyl (C=O) groups excluding carboxylic acids is 1. The van der Waals surface area contributed by atoms with Crippen LogP contribution in [-0.4, -0.2) is 28.1 Å². The number of rotatable bonds is 4. The Hall–Kier alpha value is -1.62. The van der Waals surface area contributed by atoms with Gasteiger partial charge >= 0.3 is 0 Å². The van der Waals surface area contributed by atoms with E-state index in [-0.39, 0.29) is 18.0 Å². The second-order valence-corrected chi connectivity index (χ2v) is 5.08. The number of aliphatic hydroxyl groups is 1. The first-order chi connectivity index (χ1) is 8.24. The summed E-state index contributed by atoms with van der Waals surface area (Å²) >= 11 is 0. The summed E-state index contributed by atoms with van der Waals surface area (Å²) in [6.07, 6.45) is 0. The van der Waals surface area contributed by atoms with Crippen molar-refractivity contribution in [1.29, 1.82) is 0 Å². The number of amides is 1. The Kier molecular flexibility index (Phi) is 4.29. The summed E-state index contributed by atoms with van der Waals surface area (Å²) in [5.41, 5.74) is -0.657. The molecule has 0 aliphatic rings. The van der Waals surface area contributed by atoms with Crippen molar-refractivity contribution >= 4 is 5.91 Å². The number of aromatic nitrogens is 1. The zero-order valence-corrected chi connectivity index (χ0v) is 11.2. The molecule has 0 saturated heterocycles. The first-order valence-corrected chi connectivity index (χ1v) is 5.94. The maximum atomic E-state index is 11.8. The van der Waals surface area contributed by atoms with Crippen LogP contribution in [0.1, 0.15) is 36.8 Å². The quantitative estimate of drug-likeness (QED) is 0.742. The highest BCUT2D eigenvalue weighted by Gasteiger charge is 2.25. The highest BCUT2D eigenvalue weighted by Crippen LogP contribution is 2.14. The van der Waals surface area contributed by atoms with Gasteiger partial charge in [0.1, 0.15) is 5.56 Å². The molecule has 0 aliphatic carbocycles. The predicted molar refractivity (Wildman–Crippen MR) is 69.6 cm³/mol. The molecular formula is C13H20N2O3. The standard InChI is InChI=1S/C13H20N2O3/c1-8(2)13(4,18)7-14-11(16)10-6-5-9(3)15-12(10)17/h5-6,8,18H,7H2,1-4H3,(H,14,16)(H,15,17). The summed E-state index contributed by atoms with van der Waals surface area (Å²) in [6, 6.07) is 3.14. The van der Waals surface area contributed by atoms with Gasteiger partial charge in [0.05, 0.1) is 5.60 Å². The molecule has 5 nitrogen and oxygen atoms in total. The second-order valence-electron chi connectivity index (χ2n) is 5.08. The van der Waals surface area contributed by atoms with Crippen LogP contribution in [0.2, 0.25) is 0 Å². The lowest BCUT2D eigenvalue weighted by Crippen LogP contribution is -2.45. The molecule has 0 fully saturated rings. The zero-order valence-electron chi connectivity index (χ0n) is 11.2. The van der Waals surface area contributed by atoms with E-state index in [1.54, 1.807) is 19.9 Å². The van der Waals surface area contributed by atoms with E-state index in [1.807, 2.05) is 13.8 Å². The van der Waals surface area contributed by atoms with Gasteiger partial charge in [-0.15, -0.1) is 0 Å². The molecule has 1 aromatic rings. The summed E-state index contributed by atoms with van der Waals surface area (Å²) < 4.78 is 0. The number of nitrogens with one attached hydrogen (secondary N) is 2. The number of carbonyl (C=O) groups is 1. The molecule has 0 aromatic carbocycles. The third-order valence-electron chi connectivity index (χ3n) is 3.15. The van der Waals surface area contributed by atoms with Crippen LogP contribution in [0.25, 0.3) is 0 Å². The number of pyridine rings is 1. The molecule has 0 saturated carbocycles. The Morgan fingerprint density at radius 1 is 1.50 bits per heavy atom. The van der Waals surface area contributed by atoms with Crippen molar-refractivity contribution in [1.82, 2.24) is 10.3 Å². The largest absolute Gasteiger partial charge is 0.388 e. The Labute approximate surface area is 106 Å².